The minimum atomic E-state index is 0.160. The highest BCUT2D eigenvalue weighted by atomic mass is 16.3. The fourth-order valence-corrected chi connectivity index (χ4v) is 3.27. The Labute approximate surface area is 93.6 Å². The smallest absolute Gasteiger partial charge is 0.0487 e. The van der Waals surface area contributed by atoms with Crippen molar-refractivity contribution in [2.24, 2.45) is 10.8 Å². The maximum Gasteiger partial charge on any atom is 0.0487 e. The van der Waals surface area contributed by atoms with Crippen molar-refractivity contribution in [3.05, 3.63) is 11.1 Å². The third-order valence-electron chi connectivity index (χ3n) is 4.54. The Kier molecular flexibility index (Phi) is 2.70. The lowest BCUT2D eigenvalue weighted by Crippen LogP contribution is -2.33. The quantitative estimate of drug-likeness (QED) is 0.652. The predicted molar refractivity (Wildman–Crippen MR) is 63.7 cm³/mol. The number of allylic oxidation sites excluding steroid dienone is 2. The van der Waals surface area contributed by atoms with Crippen molar-refractivity contribution in [2.45, 2.75) is 59.3 Å². The first-order valence-corrected chi connectivity index (χ1v) is 6.29. The number of rotatable bonds is 1. The third-order valence-corrected chi connectivity index (χ3v) is 4.54. The Morgan fingerprint density at radius 2 is 1.87 bits per heavy atom. The Balaban J connectivity index is 2.29. The topological polar surface area (TPSA) is 20.2 Å². The SMILES string of the molecule is CC1(CO)CCC2=C(C1)C(C)(C)CCC2. The van der Waals surface area contributed by atoms with Crippen molar-refractivity contribution < 1.29 is 5.11 Å². The molecule has 0 amide bonds. The molecule has 2 aliphatic carbocycles. The first-order chi connectivity index (χ1) is 6.97. The summed E-state index contributed by atoms with van der Waals surface area (Å²) < 4.78 is 0. The maximum atomic E-state index is 9.49. The Hall–Kier alpha value is -0.300. The molecule has 0 bridgehead atoms. The molecule has 0 aromatic heterocycles. The van der Waals surface area contributed by atoms with E-state index < -0.39 is 0 Å². The zero-order valence-corrected chi connectivity index (χ0v) is 10.4. The van der Waals surface area contributed by atoms with Gasteiger partial charge in [-0.25, -0.2) is 0 Å². The van der Waals surface area contributed by atoms with Gasteiger partial charge < -0.3 is 5.11 Å². The van der Waals surface area contributed by atoms with E-state index in [0.29, 0.717) is 12.0 Å². The molecule has 0 saturated carbocycles. The largest absolute Gasteiger partial charge is 0.396 e. The van der Waals surface area contributed by atoms with E-state index in [1.54, 1.807) is 11.1 Å². The summed E-state index contributed by atoms with van der Waals surface area (Å²) in [4.78, 5) is 0. The Bertz CT molecular complexity index is 288. The van der Waals surface area contributed by atoms with Gasteiger partial charge in [0.05, 0.1) is 0 Å². The van der Waals surface area contributed by atoms with Gasteiger partial charge >= 0.3 is 0 Å². The average molecular weight is 208 g/mol. The highest BCUT2D eigenvalue weighted by Gasteiger charge is 2.38. The normalized spacial score (nSPS) is 35.2. The molecule has 0 saturated heterocycles. The van der Waals surface area contributed by atoms with Crippen LogP contribution in [0.1, 0.15) is 59.3 Å². The van der Waals surface area contributed by atoms with Gasteiger partial charge in [0.1, 0.15) is 0 Å². The third kappa shape index (κ3) is 1.99. The van der Waals surface area contributed by atoms with Gasteiger partial charge in [0.2, 0.25) is 0 Å². The standard InChI is InChI=1S/C14H24O/c1-13(2)7-4-5-11-6-8-14(3,10-15)9-12(11)13/h15H,4-10H2,1-3H3. The maximum absolute atomic E-state index is 9.49. The summed E-state index contributed by atoms with van der Waals surface area (Å²) in [6, 6.07) is 0. The summed E-state index contributed by atoms with van der Waals surface area (Å²) in [6.45, 7) is 7.34. The zero-order chi connectivity index (χ0) is 11.1. The van der Waals surface area contributed by atoms with Gasteiger partial charge in [0, 0.05) is 6.61 Å². The van der Waals surface area contributed by atoms with Crippen molar-refractivity contribution >= 4 is 0 Å². The van der Waals surface area contributed by atoms with E-state index in [1.807, 2.05) is 0 Å². The molecule has 1 heteroatoms. The highest BCUT2D eigenvalue weighted by Crippen LogP contribution is 2.51. The van der Waals surface area contributed by atoms with Crippen molar-refractivity contribution in [1.29, 1.82) is 0 Å². The van der Waals surface area contributed by atoms with E-state index in [1.165, 1.54) is 32.1 Å². The van der Waals surface area contributed by atoms with Gasteiger partial charge in [-0.1, -0.05) is 31.9 Å². The summed E-state index contributed by atoms with van der Waals surface area (Å²) in [5.74, 6) is 0. The molecule has 15 heavy (non-hydrogen) atoms. The predicted octanol–water partition coefficient (Wildman–Crippen LogP) is 3.68. The lowest BCUT2D eigenvalue weighted by atomic mass is 9.62. The van der Waals surface area contributed by atoms with Crippen molar-refractivity contribution in [3.8, 4) is 0 Å². The summed E-state index contributed by atoms with van der Waals surface area (Å²) in [5, 5.41) is 9.49. The van der Waals surface area contributed by atoms with Gasteiger partial charge in [-0.15, -0.1) is 0 Å². The number of aliphatic hydroxyl groups excluding tert-OH is 1. The molecular weight excluding hydrogens is 184 g/mol. The average Bonchev–Trinajstić information content (AvgIpc) is 2.19. The molecule has 0 spiro atoms. The molecule has 0 fully saturated rings. The van der Waals surface area contributed by atoms with Crippen LogP contribution >= 0.6 is 0 Å². The monoisotopic (exact) mass is 208 g/mol. The van der Waals surface area contributed by atoms with Crippen LogP contribution in [0.5, 0.6) is 0 Å². The van der Waals surface area contributed by atoms with E-state index in [2.05, 4.69) is 20.8 Å². The molecule has 1 N–H and O–H groups in total. The summed E-state index contributed by atoms with van der Waals surface area (Å²) in [7, 11) is 0. The molecule has 1 atom stereocenters. The number of hydrogen-bond acceptors (Lipinski definition) is 1. The second kappa shape index (κ2) is 3.62. The van der Waals surface area contributed by atoms with Crippen LogP contribution in [0.4, 0.5) is 0 Å². The lowest BCUT2D eigenvalue weighted by Gasteiger charge is -2.44. The van der Waals surface area contributed by atoms with Gasteiger partial charge in [-0.3, -0.25) is 0 Å². The summed E-state index contributed by atoms with van der Waals surface area (Å²) >= 11 is 0. The lowest BCUT2D eigenvalue weighted by molar-refractivity contribution is 0.113. The first-order valence-electron chi connectivity index (χ1n) is 6.29. The molecule has 86 valence electrons. The zero-order valence-electron chi connectivity index (χ0n) is 10.4. The van der Waals surface area contributed by atoms with E-state index >= 15 is 0 Å². The number of hydrogen-bond donors (Lipinski definition) is 1. The molecule has 0 aromatic rings. The Morgan fingerprint density at radius 1 is 1.13 bits per heavy atom. The summed E-state index contributed by atoms with van der Waals surface area (Å²) in [6.07, 6.45) is 7.55. The van der Waals surface area contributed by atoms with Crippen LogP contribution in [0.3, 0.4) is 0 Å². The van der Waals surface area contributed by atoms with Gasteiger partial charge in [0.25, 0.3) is 0 Å². The second-order valence-electron chi connectivity index (χ2n) is 6.47. The van der Waals surface area contributed by atoms with Crippen LogP contribution < -0.4 is 0 Å². The number of aliphatic hydroxyl groups is 1. The molecule has 1 unspecified atom stereocenters. The molecule has 0 radical (unpaired) electrons. The molecule has 2 rings (SSSR count). The van der Waals surface area contributed by atoms with Crippen LogP contribution in [0.2, 0.25) is 0 Å². The van der Waals surface area contributed by atoms with Gasteiger partial charge in [-0.05, 0) is 49.4 Å². The van der Waals surface area contributed by atoms with E-state index in [4.69, 9.17) is 0 Å². The van der Waals surface area contributed by atoms with E-state index in [9.17, 15) is 5.11 Å². The minimum absolute atomic E-state index is 0.160. The highest BCUT2D eigenvalue weighted by molar-refractivity contribution is 5.28. The molecule has 0 heterocycles. The van der Waals surface area contributed by atoms with Crippen LogP contribution in [0, 0.1) is 10.8 Å². The molecular formula is C14H24O. The molecule has 0 aromatic carbocycles. The van der Waals surface area contributed by atoms with Crippen LogP contribution in [-0.4, -0.2) is 11.7 Å². The van der Waals surface area contributed by atoms with E-state index in [0.717, 1.165) is 6.42 Å². The molecule has 0 aliphatic heterocycles. The van der Waals surface area contributed by atoms with Gasteiger partial charge in [0.15, 0.2) is 0 Å². The van der Waals surface area contributed by atoms with Crippen molar-refractivity contribution in [1.82, 2.24) is 0 Å². The fourth-order valence-electron chi connectivity index (χ4n) is 3.27. The first kappa shape index (κ1) is 11.2. The van der Waals surface area contributed by atoms with Crippen LogP contribution in [0.25, 0.3) is 0 Å². The minimum Gasteiger partial charge on any atom is -0.396 e. The molecule has 1 nitrogen and oxygen atoms in total. The summed E-state index contributed by atoms with van der Waals surface area (Å²) in [5.41, 5.74) is 3.95. The van der Waals surface area contributed by atoms with Crippen LogP contribution in [0.15, 0.2) is 11.1 Å². The van der Waals surface area contributed by atoms with Crippen molar-refractivity contribution in [3.63, 3.8) is 0 Å². The Morgan fingerprint density at radius 3 is 2.53 bits per heavy atom. The van der Waals surface area contributed by atoms with Crippen molar-refractivity contribution in [2.75, 3.05) is 6.61 Å². The molecule has 2 aliphatic rings. The van der Waals surface area contributed by atoms with E-state index in [-0.39, 0.29) is 5.41 Å². The van der Waals surface area contributed by atoms with Gasteiger partial charge in [-0.2, -0.15) is 0 Å². The fraction of sp³-hybridized carbons (Fsp3) is 0.857. The second-order valence-corrected chi connectivity index (χ2v) is 6.47. The van der Waals surface area contributed by atoms with Crippen LogP contribution in [-0.2, 0) is 0 Å².